The van der Waals surface area contributed by atoms with Gasteiger partial charge in [-0.3, -0.25) is 0 Å². The summed E-state index contributed by atoms with van der Waals surface area (Å²) in [5.74, 6) is -2.02. The number of rotatable bonds is 1. The van der Waals surface area contributed by atoms with Crippen LogP contribution in [0, 0.1) is 0 Å². The van der Waals surface area contributed by atoms with E-state index >= 15 is 0 Å². The van der Waals surface area contributed by atoms with Crippen molar-refractivity contribution < 1.29 is 50.8 Å². The molecule has 6 heteroatoms. The Morgan fingerprint density at radius 3 is 1.50 bits per heavy atom. The van der Waals surface area contributed by atoms with Gasteiger partial charge in [-0.2, -0.15) is 0 Å². The molecule has 0 N–H and O–H groups in total. The second kappa shape index (κ2) is 13.2. The number of aliphatic carboxylic acids is 2. The Balaban J connectivity index is -0.0000000910. The standard InChI is InChI=1S/C2H4O2.C2H3O2.Ba.Y/c2*1-2(3)4;;/h1H3,(H,3,4);1H2,(H,3,4);;/q;;+2;/p-2. The second-order valence-corrected chi connectivity index (χ2v) is 2.07. The van der Waals surface area contributed by atoms with Gasteiger partial charge < -0.3 is 9.90 Å². The van der Waals surface area contributed by atoms with Crippen LogP contribution in [0.1, 0.15) is 6.92 Å². The Hall–Kier alpha value is 1.62. The molecule has 0 saturated carbocycles. The fourth-order valence-electron chi connectivity index (χ4n) is 0. The minimum absolute atomic E-state index is 0. The van der Waals surface area contributed by atoms with Gasteiger partial charge in [0.25, 0.3) is 0 Å². The van der Waals surface area contributed by atoms with E-state index in [0.29, 0.717) is 0 Å². The van der Waals surface area contributed by atoms with Crippen LogP contribution in [-0.4, -0.2) is 60.8 Å². The summed E-state index contributed by atoms with van der Waals surface area (Å²) in [7, 11) is 0. The third-order valence-electron chi connectivity index (χ3n) is 0.167. The minimum atomic E-state index is -1.08. The zero-order valence-corrected chi connectivity index (χ0v) is 12.9. The summed E-state index contributed by atoms with van der Waals surface area (Å²) in [4.78, 5) is 18.2. The molecule has 50 valence electrons. The van der Waals surface area contributed by atoms with Gasteiger partial charge in [-0.25, -0.2) is 0 Å². The van der Waals surface area contributed by atoms with Crippen LogP contribution in [0.5, 0.6) is 0 Å². The quantitative estimate of drug-likeness (QED) is 0.478. The molecule has 0 aromatic rings. The maximum atomic E-state index is 9.29. The summed E-state index contributed by atoms with van der Waals surface area (Å²) in [5, 5.41) is 18.2. The SMILES string of the molecule is CC(=O)[O-].O=C([O-])[CH2][Y].[Ba+2]. The van der Waals surface area contributed by atoms with E-state index in [1.165, 1.54) is 0 Å². The van der Waals surface area contributed by atoms with Crippen molar-refractivity contribution in [2.45, 2.75) is 10.2 Å². The molecule has 10 heavy (non-hydrogen) atoms. The van der Waals surface area contributed by atoms with Gasteiger partial charge in [0.15, 0.2) is 0 Å². The summed E-state index contributed by atoms with van der Waals surface area (Å²) in [6.07, 6.45) is 0. The van der Waals surface area contributed by atoms with Crippen molar-refractivity contribution in [1.82, 2.24) is 0 Å². The van der Waals surface area contributed by atoms with E-state index < -0.39 is 11.9 Å². The van der Waals surface area contributed by atoms with Crippen LogP contribution in [0.2, 0.25) is 3.23 Å². The fraction of sp³-hybridized carbons (Fsp3) is 0.500. The van der Waals surface area contributed by atoms with Crippen LogP contribution in [0.15, 0.2) is 0 Å². The molecule has 0 fully saturated rings. The molecule has 0 rings (SSSR count). The van der Waals surface area contributed by atoms with E-state index in [1.807, 2.05) is 0 Å². The number of carboxylic acids is 2. The molecule has 0 aromatic carbocycles. The topological polar surface area (TPSA) is 80.3 Å². The number of hydrogen-bond acceptors (Lipinski definition) is 4. The zero-order chi connectivity index (χ0) is 7.86. The number of carbonyl (C=O) groups excluding carboxylic acids is 2. The van der Waals surface area contributed by atoms with Crippen LogP contribution in [0.3, 0.4) is 0 Å². The van der Waals surface area contributed by atoms with E-state index in [0.717, 1.165) is 37.9 Å². The van der Waals surface area contributed by atoms with Crippen LogP contribution >= 0.6 is 0 Å². The van der Waals surface area contributed by atoms with E-state index in [1.54, 1.807) is 0 Å². The summed E-state index contributed by atoms with van der Waals surface area (Å²) in [5.41, 5.74) is 0. The van der Waals surface area contributed by atoms with E-state index in [4.69, 9.17) is 9.90 Å². The van der Waals surface area contributed by atoms with Crippen LogP contribution in [0.4, 0.5) is 0 Å². The van der Waals surface area contributed by atoms with Gasteiger partial charge in [0.05, 0.1) is 0 Å². The summed E-state index contributed by atoms with van der Waals surface area (Å²) in [6.45, 7) is 0.972. The Morgan fingerprint density at radius 2 is 1.50 bits per heavy atom. The molecule has 0 spiro atoms. The van der Waals surface area contributed by atoms with Gasteiger partial charge in [-0.15, -0.1) is 0 Å². The van der Waals surface area contributed by atoms with Crippen molar-refractivity contribution in [2.75, 3.05) is 0 Å². The Labute approximate surface area is 119 Å². The molecular weight excluding hydrogens is 338 g/mol. The van der Waals surface area contributed by atoms with Crippen molar-refractivity contribution in [2.24, 2.45) is 0 Å². The van der Waals surface area contributed by atoms with Crippen molar-refractivity contribution in [3.63, 3.8) is 0 Å². The molecule has 0 aromatic heterocycles. The maximum absolute atomic E-state index is 9.29. The largest absolute Gasteiger partial charge is 2.00 e. The number of hydrogen-bond donors (Lipinski definition) is 0. The first-order chi connectivity index (χ1) is 4.00. The summed E-state index contributed by atoms with van der Waals surface area (Å²) >= 11 is 0.764. The Kier molecular flexibility index (Phi) is 23.3. The van der Waals surface area contributed by atoms with Gasteiger partial charge in [0.1, 0.15) is 0 Å². The van der Waals surface area contributed by atoms with E-state index in [9.17, 15) is 9.90 Å². The van der Waals surface area contributed by atoms with Crippen molar-refractivity contribution >= 4 is 60.8 Å². The molecule has 0 saturated heterocycles. The molecule has 0 aliphatic heterocycles. The first-order valence-corrected chi connectivity index (χ1v) is 4.09. The second-order valence-electron chi connectivity index (χ2n) is 1.07. The number of carbonyl (C=O) groups is 2. The Bertz CT molecular complexity index is 101. The first-order valence-electron chi connectivity index (χ1n) is 2.08. The molecule has 4 nitrogen and oxygen atoms in total. The average molecular weight is 343 g/mol. The third-order valence-corrected chi connectivity index (χ3v) is 0.986. The normalized spacial score (nSPS) is 6.00. The van der Waals surface area contributed by atoms with Crippen LogP contribution in [-0.2, 0) is 40.5 Å². The van der Waals surface area contributed by atoms with Gasteiger partial charge in [0, 0.05) is 5.97 Å². The third kappa shape index (κ3) is 54.6. The molecule has 0 aliphatic carbocycles. The molecule has 0 bridgehead atoms. The van der Waals surface area contributed by atoms with E-state index in [-0.39, 0.29) is 52.1 Å². The molecule has 0 heterocycles. The molecule has 0 atom stereocenters. The summed E-state index contributed by atoms with van der Waals surface area (Å²) in [6, 6.07) is 0. The molecule has 0 amide bonds. The summed E-state index contributed by atoms with van der Waals surface area (Å²) < 4.78 is 0.241. The monoisotopic (exact) mass is 344 g/mol. The predicted octanol–water partition coefficient (Wildman–Crippen LogP) is -2.92. The molecular formula is C4H5BaO4Y. The van der Waals surface area contributed by atoms with Gasteiger partial charge in [-0.05, 0) is 6.92 Å². The van der Waals surface area contributed by atoms with Crippen molar-refractivity contribution in [1.29, 1.82) is 0 Å². The molecule has 0 unspecified atom stereocenters. The fourth-order valence-corrected chi connectivity index (χ4v) is 0. The van der Waals surface area contributed by atoms with Gasteiger partial charge >= 0.3 is 98.9 Å². The van der Waals surface area contributed by atoms with E-state index in [2.05, 4.69) is 0 Å². The minimum Gasteiger partial charge on any atom is 2.00 e. The van der Waals surface area contributed by atoms with Crippen LogP contribution in [0.25, 0.3) is 0 Å². The van der Waals surface area contributed by atoms with Gasteiger partial charge in [0.2, 0.25) is 0 Å². The Morgan fingerprint density at radius 1 is 1.40 bits per heavy atom. The van der Waals surface area contributed by atoms with Crippen molar-refractivity contribution in [3.8, 4) is 0 Å². The predicted molar refractivity (Wildman–Crippen MR) is 26.2 cm³/mol. The molecule has 0 aliphatic rings. The average Bonchev–Trinajstić information content (AvgIpc) is 1.65. The van der Waals surface area contributed by atoms with Crippen molar-refractivity contribution in [3.05, 3.63) is 0 Å². The van der Waals surface area contributed by atoms with Crippen LogP contribution < -0.4 is 10.2 Å². The maximum Gasteiger partial charge on any atom is 2.00 e. The molecule has 0 radical (unpaired) electrons. The van der Waals surface area contributed by atoms with Gasteiger partial charge in [-0.1, -0.05) is 0 Å². The zero-order valence-electron chi connectivity index (χ0n) is 5.62. The number of carboxylic acid groups (broad SMARTS) is 2. The first kappa shape index (κ1) is 17.6. The smallest absolute Gasteiger partial charge is 2.00 e.